The van der Waals surface area contributed by atoms with Crippen LogP contribution < -0.4 is 5.32 Å². The first-order valence-corrected chi connectivity index (χ1v) is 5.44. The average molecular weight is 228 g/mol. The first kappa shape index (κ1) is 11.1. The molecule has 1 rings (SSSR count). The van der Waals surface area contributed by atoms with Gasteiger partial charge in [0.15, 0.2) is 0 Å². The molecule has 1 N–H and O–H groups in total. The fourth-order valence-corrected chi connectivity index (χ4v) is 1.99. The van der Waals surface area contributed by atoms with Gasteiger partial charge in [-0.2, -0.15) is 0 Å². The van der Waals surface area contributed by atoms with Gasteiger partial charge in [0.2, 0.25) is 0 Å². The number of hydrogen-bond donors (Lipinski definition) is 1. The lowest BCUT2D eigenvalue weighted by atomic mass is 10.2. The van der Waals surface area contributed by atoms with Crippen LogP contribution >= 0.6 is 22.9 Å². The summed E-state index contributed by atoms with van der Waals surface area (Å²) in [7, 11) is 0. The zero-order chi connectivity index (χ0) is 10.6. The Hall–Kier alpha value is -0.980. The monoisotopic (exact) mass is 227 g/mol. The quantitative estimate of drug-likeness (QED) is 0.791. The molecule has 2 nitrogen and oxygen atoms in total. The van der Waals surface area contributed by atoms with E-state index in [-0.39, 0.29) is 11.9 Å². The van der Waals surface area contributed by atoms with Crippen molar-refractivity contribution in [1.82, 2.24) is 5.32 Å². The van der Waals surface area contributed by atoms with Crippen LogP contribution in [0.1, 0.15) is 23.0 Å². The summed E-state index contributed by atoms with van der Waals surface area (Å²) in [6, 6.07) is 1.47. The van der Waals surface area contributed by atoms with Crippen molar-refractivity contribution in [2.24, 2.45) is 0 Å². The van der Waals surface area contributed by atoms with Crippen LogP contribution in [0.5, 0.6) is 0 Å². The molecular weight excluding hydrogens is 218 g/mol. The van der Waals surface area contributed by atoms with Crippen LogP contribution in [0.25, 0.3) is 0 Å². The maximum atomic E-state index is 11.6. The highest BCUT2D eigenvalue weighted by Crippen LogP contribution is 2.21. The molecular formula is C10H10ClNOS. The van der Waals surface area contributed by atoms with E-state index in [0.717, 1.165) is 0 Å². The number of halogens is 1. The van der Waals surface area contributed by atoms with Crippen molar-refractivity contribution in [2.75, 3.05) is 0 Å². The van der Waals surface area contributed by atoms with Crippen molar-refractivity contribution in [1.29, 1.82) is 0 Å². The predicted molar refractivity (Wildman–Crippen MR) is 59.7 cm³/mol. The number of hydrogen-bond acceptors (Lipinski definition) is 2. The van der Waals surface area contributed by atoms with Gasteiger partial charge in [0.25, 0.3) is 5.91 Å². The van der Waals surface area contributed by atoms with E-state index in [1.165, 1.54) is 11.3 Å². The minimum Gasteiger partial charge on any atom is -0.338 e. The molecule has 0 saturated carbocycles. The average Bonchev–Trinajstić information content (AvgIpc) is 2.60. The van der Waals surface area contributed by atoms with Crippen molar-refractivity contribution in [3.8, 4) is 12.3 Å². The molecule has 0 aromatic carbocycles. The van der Waals surface area contributed by atoms with E-state index < -0.39 is 0 Å². The van der Waals surface area contributed by atoms with Crippen LogP contribution in [0.4, 0.5) is 0 Å². The molecule has 14 heavy (non-hydrogen) atoms. The van der Waals surface area contributed by atoms with Crippen LogP contribution in [0, 0.1) is 12.3 Å². The van der Waals surface area contributed by atoms with E-state index in [2.05, 4.69) is 11.2 Å². The first-order valence-electron chi connectivity index (χ1n) is 4.19. The Kier molecular flexibility index (Phi) is 3.99. The summed E-state index contributed by atoms with van der Waals surface area (Å²) in [5.74, 6) is 2.29. The predicted octanol–water partition coefficient (Wildman–Crippen LogP) is 2.54. The highest BCUT2D eigenvalue weighted by atomic mass is 35.5. The second kappa shape index (κ2) is 5.04. The molecule has 0 bridgehead atoms. The van der Waals surface area contributed by atoms with Crippen LogP contribution in [-0.4, -0.2) is 11.9 Å². The molecule has 4 heteroatoms. The van der Waals surface area contributed by atoms with Gasteiger partial charge in [-0.05, 0) is 17.9 Å². The summed E-state index contributed by atoms with van der Waals surface area (Å²) in [5, 5.41) is 4.95. The molecule has 0 fully saturated rings. The third-order valence-corrected chi connectivity index (χ3v) is 3.08. The number of rotatable bonds is 3. The van der Waals surface area contributed by atoms with Gasteiger partial charge in [-0.3, -0.25) is 4.79 Å². The van der Waals surface area contributed by atoms with E-state index in [1.807, 2.05) is 6.92 Å². The number of carbonyl (C=O) groups is 1. The maximum absolute atomic E-state index is 11.6. The third kappa shape index (κ3) is 2.50. The minimum atomic E-state index is -0.222. The van der Waals surface area contributed by atoms with Crippen LogP contribution in [-0.2, 0) is 0 Å². The van der Waals surface area contributed by atoms with Gasteiger partial charge in [-0.1, -0.05) is 24.4 Å². The topological polar surface area (TPSA) is 29.1 Å². The molecule has 1 unspecified atom stereocenters. The fraction of sp³-hybridized carbons (Fsp3) is 0.300. The summed E-state index contributed by atoms with van der Waals surface area (Å²) < 4.78 is 0. The fourth-order valence-electron chi connectivity index (χ4n) is 0.941. The Morgan fingerprint density at radius 2 is 2.57 bits per heavy atom. The summed E-state index contributed by atoms with van der Waals surface area (Å²) in [4.78, 5) is 12.1. The van der Waals surface area contributed by atoms with Crippen molar-refractivity contribution in [3.05, 3.63) is 21.3 Å². The summed E-state index contributed by atoms with van der Waals surface area (Å²) in [6.45, 7) is 1.92. The molecule has 1 aromatic rings. The Bertz CT molecular complexity index is 366. The van der Waals surface area contributed by atoms with E-state index in [0.29, 0.717) is 16.3 Å². The molecule has 0 aliphatic carbocycles. The zero-order valence-corrected chi connectivity index (χ0v) is 9.28. The summed E-state index contributed by atoms with van der Waals surface area (Å²) in [6.07, 6.45) is 5.94. The molecule has 1 amide bonds. The Morgan fingerprint density at radius 3 is 3.00 bits per heavy atom. The Balaban J connectivity index is 2.69. The Labute approximate surface area is 92.3 Å². The standard InChI is InChI=1S/C10H10ClNOS/c1-3-7(4-2)12-10(13)9-8(11)5-6-14-9/h1,5-7H,4H2,2H3,(H,12,13). The van der Waals surface area contributed by atoms with Gasteiger partial charge < -0.3 is 5.32 Å². The van der Waals surface area contributed by atoms with Crippen molar-refractivity contribution in [3.63, 3.8) is 0 Å². The summed E-state index contributed by atoms with van der Waals surface area (Å²) in [5.41, 5.74) is 0. The van der Waals surface area contributed by atoms with Crippen molar-refractivity contribution < 1.29 is 4.79 Å². The highest BCUT2D eigenvalue weighted by Gasteiger charge is 2.14. The van der Waals surface area contributed by atoms with Crippen LogP contribution in [0.3, 0.4) is 0 Å². The normalized spacial score (nSPS) is 11.8. The molecule has 1 aromatic heterocycles. The van der Waals surface area contributed by atoms with E-state index >= 15 is 0 Å². The number of amides is 1. The number of carbonyl (C=O) groups excluding carboxylic acids is 1. The van der Waals surface area contributed by atoms with E-state index in [9.17, 15) is 4.79 Å². The SMILES string of the molecule is C#CC(CC)NC(=O)c1sccc1Cl. The van der Waals surface area contributed by atoms with Gasteiger partial charge in [-0.25, -0.2) is 0 Å². The van der Waals surface area contributed by atoms with Gasteiger partial charge >= 0.3 is 0 Å². The van der Waals surface area contributed by atoms with Gasteiger partial charge in [0.05, 0.1) is 11.1 Å². The number of nitrogens with one attached hydrogen (secondary N) is 1. The van der Waals surface area contributed by atoms with Crippen LogP contribution in [0.15, 0.2) is 11.4 Å². The largest absolute Gasteiger partial charge is 0.338 e. The van der Waals surface area contributed by atoms with Crippen molar-refractivity contribution >= 4 is 28.8 Å². The lowest BCUT2D eigenvalue weighted by Gasteiger charge is -2.09. The number of thiophene rings is 1. The lowest BCUT2D eigenvalue weighted by Crippen LogP contribution is -2.32. The molecule has 1 atom stereocenters. The zero-order valence-electron chi connectivity index (χ0n) is 7.71. The smallest absolute Gasteiger partial charge is 0.263 e. The molecule has 0 aliphatic rings. The molecule has 74 valence electrons. The number of terminal acetylenes is 1. The molecule has 1 heterocycles. The highest BCUT2D eigenvalue weighted by molar-refractivity contribution is 7.12. The third-order valence-electron chi connectivity index (χ3n) is 1.74. The Morgan fingerprint density at radius 1 is 1.86 bits per heavy atom. The van der Waals surface area contributed by atoms with Crippen molar-refractivity contribution in [2.45, 2.75) is 19.4 Å². The van der Waals surface area contributed by atoms with E-state index in [1.54, 1.807) is 11.4 Å². The lowest BCUT2D eigenvalue weighted by molar-refractivity contribution is 0.0949. The maximum Gasteiger partial charge on any atom is 0.263 e. The second-order valence-corrected chi connectivity index (χ2v) is 4.02. The molecule has 0 aliphatic heterocycles. The summed E-state index contributed by atoms with van der Waals surface area (Å²) >= 11 is 7.11. The molecule has 0 spiro atoms. The minimum absolute atomic E-state index is 0.199. The van der Waals surface area contributed by atoms with Crippen LogP contribution in [0.2, 0.25) is 5.02 Å². The van der Waals surface area contributed by atoms with Gasteiger partial charge in [0.1, 0.15) is 4.88 Å². The van der Waals surface area contributed by atoms with Gasteiger partial charge in [0, 0.05) is 0 Å². The second-order valence-electron chi connectivity index (χ2n) is 2.70. The molecule has 0 radical (unpaired) electrons. The molecule has 0 saturated heterocycles. The first-order chi connectivity index (χ1) is 6.69. The van der Waals surface area contributed by atoms with E-state index in [4.69, 9.17) is 18.0 Å². The van der Waals surface area contributed by atoms with Gasteiger partial charge in [-0.15, -0.1) is 17.8 Å².